The number of allylic oxidation sites excluding steroid dienone is 4. The molecule has 54 valence electrons. The van der Waals surface area contributed by atoms with E-state index in [1.807, 2.05) is 0 Å². The van der Waals surface area contributed by atoms with Gasteiger partial charge >= 0.3 is 17.1 Å². The quantitative estimate of drug-likeness (QED) is 0.387. The van der Waals surface area contributed by atoms with Gasteiger partial charge in [-0.1, -0.05) is 6.42 Å². The Labute approximate surface area is 67.5 Å². The van der Waals surface area contributed by atoms with Crippen molar-refractivity contribution in [3.63, 3.8) is 0 Å². The van der Waals surface area contributed by atoms with Crippen LogP contribution in [0.25, 0.3) is 0 Å². The van der Waals surface area contributed by atoms with Crippen LogP contribution in [0.4, 0.5) is 0 Å². The number of rotatable bonds is 0. The summed E-state index contributed by atoms with van der Waals surface area (Å²) in [6.07, 6.45) is 14.5. The average molecular weight is 171 g/mol. The third-order valence-corrected chi connectivity index (χ3v) is 1.24. The number of hydrogen-bond donors (Lipinski definition) is 0. The largest absolute Gasteiger partial charge is 1.00 e. The molecule has 0 nitrogen and oxygen atoms in total. The van der Waals surface area contributed by atoms with Gasteiger partial charge < -0.3 is 0 Å². The SMILES string of the molecule is C1=C\[CH-]CCC\C=C/1.[Cu+]. The van der Waals surface area contributed by atoms with Crippen molar-refractivity contribution in [1.29, 1.82) is 0 Å². The van der Waals surface area contributed by atoms with E-state index >= 15 is 0 Å². The Morgan fingerprint density at radius 3 is 3.00 bits per heavy atom. The van der Waals surface area contributed by atoms with Crippen LogP contribution in [-0.2, 0) is 17.1 Å². The van der Waals surface area contributed by atoms with Crippen LogP contribution in [0, 0.1) is 6.42 Å². The fourth-order valence-electron chi connectivity index (χ4n) is 0.767. The van der Waals surface area contributed by atoms with Gasteiger partial charge in [-0.15, -0.1) is 18.6 Å². The minimum Gasteiger partial charge on any atom is -0.230 e. The van der Waals surface area contributed by atoms with Crippen molar-refractivity contribution in [2.24, 2.45) is 0 Å². The topological polar surface area (TPSA) is 0 Å². The van der Waals surface area contributed by atoms with Crippen LogP contribution in [0.2, 0.25) is 0 Å². The van der Waals surface area contributed by atoms with E-state index in [0.29, 0.717) is 0 Å². The monoisotopic (exact) mass is 170 g/mol. The first-order valence-corrected chi connectivity index (χ1v) is 3.15. The van der Waals surface area contributed by atoms with Gasteiger partial charge in [0.2, 0.25) is 0 Å². The van der Waals surface area contributed by atoms with Gasteiger partial charge in [0.15, 0.2) is 0 Å². The maximum absolute atomic E-state index is 2.21. The normalized spacial score (nSPS) is 24.0. The standard InChI is InChI=1S/C8H11.Cu/c1-2-4-6-8-7-5-3-1;/h1-5H,6-8H2;/q-1;+1/b2-1-,5-3-;. The molecule has 0 N–H and O–H groups in total. The van der Waals surface area contributed by atoms with Crippen LogP contribution in [0.1, 0.15) is 19.3 Å². The van der Waals surface area contributed by atoms with E-state index in [2.05, 4.69) is 30.7 Å². The third-order valence-electron chi connectivity index (χ3n) is 1.24. The Kier molecular flexibility index (Phi) is 5.91. The van der Waals surface area contributed by atoms with Gasteiger partial charge in [-0.2, -0.15) is 0 Å². The smallest absolute Gasteiger partial charge is 0.230 e. The van der Waals surface area contributed by atoms with E-state index < -0.39 is 0 Å². The molecule has 0 heterocycles. The number of hydrogen-bond acceptors (Lipinski definition) is 0. The van der Waals surface area contributed by atoms with Gasteiger partial charge in [0.1, 0.15) is 0 Å². The molecule has 0 bridgehead atoms. The zero-order chi connectivity index (χ0) is 5.66. The predicted molar refractivity (Wildman–Crippen MR) is 36.4 cm³/mol. The summed E-state index contributed by atoms with van der Waals surface area (Å²) in [5, 5.41) is 0. The molecule has 0 fully saturated rings. The molecule has 0 aliphatic heterocycles. The van der Waals surface area contributed by atoms with Crippen LogP contribution < -0.4 is 0 Å². The second-order valence-corrected chi connectivity index (χ2v) is 1.98. The Hall–Kier alpha value is -0.131. The Bertz CT molecular complexity index is 89.1. The molecule has 0 aromatic carbocycles. The minimum atomic E-state index is 0. The van der Waals surface area contributed by atoms with E-state index in [1.165, 1.54) is 19.3 Å². The molecular formula is C8H11Cu. The first-order chi connectivity index (χ1) is 4.00. The van der Waals surface area contributed by atoms with Gasteiger partial charge in [-0.3, -0.25) is 0 Å². The summed E-state index contributed by atoms with van der Waals surface area (Å²) in [6, 6.07) is 0. The van der Waals surface area contributed by atoms with Crippen molar-refractivity contribution in [3.05, 3.63) is 30.7 Å². The van der Waals surface area contributed by atoms with Gasteiger partial charge in [-0.05, 0) is 6.42 Å². The van der Waals surface area contributed by atoms with Gasteiger partial charge in [0.25, 0.3) is 0 Å². The van der Waals surface area contributed by atoms with Crippen LogP contribution in [0.3, 0.4) is 0 Å². The molecule has 0 aromatic heterocycles. The summed E-state index contributed by atoms with van der Waals surface area (Å²) in [4.78, 5) is 0. The van der Waals surface area contributed by atoms with Gasteiger partial charge in [0.05, 0.1) is 0 Å². The molecule has 1 heteroatoms. The molecule has 0 saturated carbocycles. The molecule has 1 aliphatic rings. The summed E-state index contributed by atoms with van der Waals surface area (Å²) >= 11 is 0. The molecule has 1 rings (SSSR count). The summed E-state index contributed by atoms with van der Waals surface area (Å²) in [5.41, 5.74) is 0. The molecular weight excluding hydrogens is 160 g/mol. The van der Waals surface area contributed by atoms with Crippen molar-refractivity contribution in [3.8, 4) is 0 Å². The molecule has 0 radical (unpaired) electrons. The molecule has 0 atom stereocenters. The van der Waals surface area contributed by atoms with Crippen LogP contribution >= 0.6 is 0 Å². The minimum absolute atomic E-state index is 0. The molecule has 0 saturated heterocycles. The Morgan fingerprint density at radius 1 is 1.22 bits per heavy atom. The predicted octanol–water partition coefficient (Wildman–Crippen LogP) is 2.48. The molecule has 0 amide bonds. The van der Waals surface area contributed by atoms with Gasteiger partial charge in [0, 0.05) is 0 Å². The van der Waals surface area contributed by atoms with E-state index in [0.717, 1.165) is 0 Å². The average Bonchev–Trinajstić information content (AvgIpc) is 1.62. The van der Waals surface area contributed by atoms with E-state index in [1.54, 1.807) is 0 Å². The zero-order valence-electron chi connectivity index (χ0n) is 5.31. The molecule has 0 spiro atoms. The van der Waals surface area contributed by atoms with Gasteiger partial charge in [-0.25, -0.2) is 18.6 Å². The fourth-order valence-corrected chi connectivity index (χ4v) is 0.767. The van der Waals surface area contributed by atoms with Crippen molar-refractivity contribution in [1.82, 2.24) is 0 Å². The van der Waals surface area contributed by atoms with Crippen LogP contribution in [-0.4, -0.2) is 0 Å². The molecule has 1 aliphatic carbocycles. The summed E-state index contributed by atoms with van der Waals surface area (Å²) in [6.45, 7) is 0. The van der Waals surface area contributed by atoms with E-state index in [9.17, 15) is 0 Å². The molecule has 0 unspecified atom stereocenters. The fraction of sp³-hybridized carbons (Fsp3) is 0.375. The second-order valence-electron chi connectivity index (χ2n) is 1.98. The second kappa shape index (κ2) is 6.00. The summed E-state index contributed by atoms with van der Waals surface area (Å²) < 4.78 is 0. The molecule has 0 aromatic rings. The third kappa shape index (κ3) is 4.38. The Balaban J connectivity index is 0.000000640. The van der Waals surface area contributed by atoms with E-state index in [-0.39, 0.29) is 17.1 Å². The maximum atomic E-state index is 2.21. The van der Waals surface area contributed by atoms with Crippen molar-refractivity contribution in [2.45, 2.75) is 19.3 Å². The van der Waals surface area contributed by atoms with Crippen LogP contribution in [0.15, 0.2) is 24.3 Å². The first-order valence-electron chi connectivity index (χ1n) is 3.15. The van der Waals surface area contributed by atoms with Crippen molar-refractivity contribution < 1.29 is 17.1 Å². The molecule has 9 heavy (non-hydrogen) atoms. The maximum Gasteiger partial charge on any atom is 1.00 e. The Morgan fingerprint density at radius 2 is 2.11 bits per heavy atom. The van der Waals surface area contributed by atoms with Crippen LogP contribution in [0.5, 0.6) is 0 Å². The summed E-state index contributed by atoms with van der Waals surface area (Å²) in [5.74, 6) is 0. The van der Waals surface area contributed by atoms with Crippen molar-refractivity contribution >= 4 is 0 Å². The van der Waals surface area contributed by atoms with E-state index in [4.69, 9.17) is 0 Å². The summed E-state index contributed by atoms with van der Waals surface area (Å²) in [7, 11) is 0. The zero-order valence-corrected chi connectivity index (χ0v) is 6.25. The first kappa shape index (κ1) is 8.87. The van der Waals surface area contributed by atoms with Crippen molar-refractivity contribution in [2.75, 3.05) is 0 Å².